The molecule has 0 amide bonds. The lowest BCUT2D eigenvalue weighted by atomic mass is 10.2. The minimum atomic E-state index is -2.77. The number of rotatable bonds is 27. The summed E-state index contributed by atoms with van der Waals surface area (Å²) in [6.07, 6.45) is 3.22. The molecular formula is C37H92O12Si13. The van der Waals surface area contributed by atoms with Crippen LogP contribution in [0.2, 0.25) is 177 Å². The Morgan fingerprint density at radius 3 is 0.742 bits per heavy atom. The van der Waals surface area contributed by atoms with E-state index in [0.29, 0.717) is 0 Å². The van der Waals surface area contributed by atoms with Crippen molar-refractivity contribution in [2.45, 2.75) is 190 Å². The van der Waals surface area contributed by atoms with Gasteiger partial charge in [-0.3, -0.25) is 0 Å². The van der Waals surface area contributed by atoms with Gasteiger partial charge >= 0.3 is 94.2 Å². The Morgan fingerprint density at radius 2 is 0.532 bits per heavy atom. The zero-order valence-corrected chi connectivity index (χ0v) is 57.6. The summed E-state index contributed by atoms with van der Waals surface area (Å²) in [6, 6.07) is 10.5. The molecule has 12 nitrogen and oxygen atoms in total. The molecule has 62 heavy (non-hydrogen) atoms. The van der Waals surface area contributed by atoms with Crippen LogP contribution in [0.4, 0.5) is 0 Å². The monoisotopic (exact) mass is 1090 g/mol. The highest BCUT2D eigenvalue weighted by atomic mass is 28.5. The fourth-order valence-corrected chi connectivity index (χ4v) is 75.0. The Labute approximate surface area is 394 Å². The van der Waals surface area contributed by atoms with E-state index in [0.717, 1.165) is 6.42 Å². The van der Waals surface area contributed by atoms with E-state index in [1.807, 2.05) is 6.07 Å². The van der Waals surface area contributed by atoms with Crippen molar-refractivity contribution >= 4 is 117 Å². The summed E-state index contributed by atoms with van der Waals surface area (Å²) in [7, 11) is -33.5. The van der Waals surface area contributed by atoms with Crippen LogP contribution >= 0.6 is 0 Å². The van der Waals surface area contributed by atoms with E-state index in [1.54, 1.807) is 0 Å². The Morgan fingerprint density at radius 1 is 0.323 bits per heavy atom. The lowest BCUT2D eigenvalue weighted by molar-refractivity contribution is 0.252. The van der Waals surface area contributed by atoms with Gasteiger partial charge in [0.1, 0.15) is 0 Å². The van der Waals surface area contributed by atoms with Gasteiger partial charge in [0.05, 0.1) is 0 Å². The predicted octanol–water partition coefficient (Wildman–Crippen LogP) is 13.0. The molecule has 0 saturated heterocycles. The molecule has 0 aliphatic rings. The highest BCUT2D eigenvalue weighted by Crippen LogP contribution is 2.33. The molecule has 25 heteroatoms. The van der Waals surface area contributed by atoms with Gasteiger partial charge in [0, 0.05) is 0 Å². The molecule has 1 rings (SSSR count). The SMILES string of the molecule is CCC(=Cc1ccccc1)[Si](C)(C)O[Si](C)(C)O[Si](C)(C)O[Si](C)(C)O[Si](C)(C)O[Si](C)(C)O[Si](C)(C)O[Si](C)(C)O[Si](C)(C)O[Si](C)(C)O[Si](C)(C)O[Si](C)(C)O[Si](C)(C)C. The van der Waals surface area contributed by atoms with Crippen molar-refractivity contribution in [3.63, 3.8) is 0 Å². The minimum Gasteiger partial charge on any atom is -0.437 e. The molecule has 0 N–H and O–H groups in total. The first kappa shape index (κ1) is 61.3. The van der Waals surface area contributed by atoms with Crippen molar-refractivity contribution in [2.75, 3.05) is 0 Å². The van der Waals surface area contributed by atoms with E-state index in [1.165, 1.54) is 10.8 Å². The maximum absolute atomic E-state index is 7.00. The maximum Gasteiger partial charge on any atom is 0.314 e. The summed E-state index contributed by atoms with van der Waals surface area (Å²) in [5, 5.41) is 1.35. The zero-order chi connectivity index (χ0) is 49.1. The molecule has 1 aromatic rings. The quantitative estimate of drug-likeness (QED) is 0.0782. The fraction of sp³-hybridized carbons (Fsp3) is 0.784. The number of hydrogen-bond acceptors (Lipinski definition) is 12. The third-order valence-corrected chi connectivity index (χ3v) is 58.1. The Kier molecular flexibility index (Phi) is 21.3. The Hall–Kier alpha value is 1.30. The molecule has 0 aliphatic carbocycles. The average Bonchev–Trinajstić information content (AvgIpc) is 2.86. The standard InChI is InChI=1S/C37H92O12Si13/c1-29-37(35-36-33-31-30-32-34-36)51(5,6)39-53(9,10)41-55(13,14)43-57(17,18)45-59(21,22)47-61(25,26)49-62(27,28)48-60(23,24)46-58(19,20)44-56(15,16)42-54(11,12)40-52(7,8)38-50(2,3)4/h30-35H,29H2,1-28H3. The molecule has 0 bridgehead atoms. The zero-order valence-electron chi connectivity index (χ0n) is 44.6. The van der Waals surface area contributed by atoms with Crippen molar-refractivity contribution in [3.05, 3.63) is 41.1 Å². The molecule has 0 unspecified atom stereocenters. The van der Waals surface area contributed by atoms with Crippen molar-refractivity contribution < 1.29 is 49.4 Å². The van der Waals surface area contributed by atoms with Crippen molar-refractivity contribution in [1.82, 2.24) is 0 Å². The second-order valence-corrected chi connectivity index (χ2v) is 71.2. The van der Waals surface area contributed by atoms with Crippen molar-refractivity contribution in [3.8, 4) is 0 Å². The third kappa shape index (κ3) is 25.6. The first-order valence-corrected chi connectivity index (χ1v) is 59.5. The number of hydrogen-bond donors (Lipinski definition) is 0. The van der Waals surface area contributed by atoms with Crippen LogP contribution in [0.5, 0.6) is 0 Å². The van der Waals surface area contributed by atoms with E-state index in [9.17, 15) is 0 Å². The van der Waals surface area contributed by atoms with E-state index in [-0.39, 0.29) is 0 Å². The van der Waals surface area contributed by atoms with Gasteiger partial charge in [0.25, 0.3) is 0 Å². The van der Waals surface area contributed by atoms with Gasteiger partial charge in [-0.2, -0.15) is 0 Å². The smallest absolute Gasteiger partial charge is 0.314 e. The van der Waals surface area contributed by atoms with Gasteiger partial charge in [-0.1, -0.05) is 48.5 Å². The Bertz CT molecular complexity index is 1610. The van der Waals surface area contributed by atoms with Gasteiger partial charge in [-0.05, 0) is 189 Å². The summed E-state index contributed by atoms with van der Waals surface area (Å²) < 4.78 is 81.9. The van der Waals surface area contributed by atoms with Crippen molar-refractivity contribution in [2.24, 2.45) is 0 Å². The largest absolute Gasteiger partial charge is 0.437 e. The summed E-state index contributed by atoms with van der Waals surface area (Å²) in [6.45, 7) is 59.3. The molecule has 0 aliphatic heterocycles. The molecule has 0 atom stereocenters. The van der Waals surface area contributed by atoms with Gasteiger partial charge in [-0.15, -0.1) is 0 Å². The first-order chi connectivity index (χ1) is 27.0. The molecule has 0 aromatic heterocycles. The minimum absolute atomic E-state index is 0.933. The van der Waals surface area contributed by atoms with Crippen molar-refractivity contribution in [1.29, 1.82) is 0 Å². The first-order valence-electron chi connectivity index (χ1n) is 22.2. The van der Waals surface area contributed by atoms with Gasteiger partial charge < -0.3 is 49.4 Å². The predicted molar refractivity (Wildman–Crippen MR) is 291 cm³/mol. The fourth-order valence-electron chi connectivity index (χ4n) is 9.02. The highest BCUT2D eigenvalue weighted by Gasteiger charge is 2.52. The summed E-state index contributed by atoms with van der Waals surface area (Å²) >= 11 is 0. The third-order valence-electron chi connectivity index (χ3n) is 8.26. The van der Waals surface area contributed by atoms with Crippen LogP contribution in [0.3, 0.4) is 0 Å². The number of allylic oxidation sites excluding steroid dienone is 1. The summed E-state index contributed by atoms with van der Waals surface area (Å²) in [5.74, 6) is 0. The van der Waals surface area contributed by atoms with Crippen LogP contribution in [-0.2, 0) is 49.4 Å². The molecule has 364 valence electrons. The van der Waals surface area contributed by atoms with E-state index in [4.69, 9.17) is 49.4 Å². The van der Waals surface area contributed by atoms with Crippen LogP contribution < -0.4 is 0 Å². The highest BCUT2D eigenvalue weighted by molar-refractivity contribution is 6.94. The molecular weight excluding hydrogens is 1000 g/mol. The van der Waals surface area contributed by atoms with Gasteiger partial charge in [0.15, 0.2) is 8.32 Å². The lowest BCUT2D eigenvalue weighted by Crippen LogP contribution is -2.63. The molecule has 0 fully saturated rings. The lowest BCUT2D eigenvalue weighted by Gasteiger charge is -2.45. The van der Waals surface area contributed by atoms with Crippen LogP contribution in [0, 0.1) is 0 Å². The molecule has 0 spiro atoms. The number of benzene rings is 1. The van der Waals surface area contributed by atoms with E-state index < -0.39 is 111 Å². The van der Waals surface area contributed by atoms with E-state index >= 15 is 0 Å². The summed E-state index contributed by atoms with van der Waals surface area (Å²) in [5.41, 5.74) is 1.20. The second-order valence-electron chi connectivity index (χ2n) is 22.7. The maximum atomic E-state index is 7.00. The molecule has 0 heterocycles. The second kappa shape index (κ2) is 21.5. The van der Waals surface area contributed by atoms with E-state index in [2.05, 4.69) is 214 Å². The van der Waals surface area contributed by atoms with Crippen LogP contribution in [0.1, 0.15) is 18.9 Å². The van der Waals surface area contributed by atoms with Gasteiger partial charge in [0.2, 0.25) is 8.32 Å². The average molecular weight is 1090 g/mol. The topological polar surface area (TPSA) is 111 Å². The normalized spacial score (nSPS) is 15.7. The molecule has 0 saturated carbocycles. The van der Waals surface area contributed by atoms with Crippen LogP contribution in [0.15, 0.2) is 35.5 Å². The molecule has 1 aromatic carbocycles. The van der Waals surface area contributed by atoms with Crippen LogP contribution in [0.25, 0.3) is 6.08 Å². The van der Waals surface area contributed by atoms with Crippen LogP contribution in [-0.4, -0.2) is 111 Å². The molecule has 0 radical (unpaired) electrons. The summed E-state index contributed by atoms with van der Waals surface area (Å²) in [4.78, 5) is 0. The Balaban J connectivity index is 2.98. The van der Waals surface area contributed by atoms with Gasteiger partial charge in [-0.25, -0.2) is 0 Å².